The summed E-state index contributed by atoms with van der Waals surface area (Å²) in [6.45, 7) is 5.21. The number of aromatic nitrogens is 3. The number of halogens is 1. The van der Waals surface area contributed by atoms with Crippen LogP contribution >= 0.6 is 22.9 Å². The molecule has 7 nitrogen and oxygen atoms in total. The molecule has 0 aliphatic carbocycles. The number of benzene rings is 2. The summed E-state index contributed by atoms with van der Waals surface area (Å²) in [5.74, 6) is 1.63. The van der Waals surface area contributed by atoms with Gasteiger partial charge in [0.15, 0.2) is 0 Å². The van der Waals surface area contributed by atoms with Crippen LogP contribution in [-0.4, -0.2) is 57.9 Å². The van der Waals surface area contributed by atoms with E-state index in [-0.39, 0.29) is 11.9 Å². The van der Waals surface area contributed by atoms with Crippen molar-refractivity contribution in [1.29, 1.82) is 0 Å². The molecule has 2 aromatic heterocycles. The highest BCUT2D eigenvalue weighted by Gasteiger charge is 2.32. The third-order valence-electron chi connectivity index (χ3n) is 5.87. The van der Waals surface area contributed by atoms with E-state index in [1.807, 2.05) is 43.3 Å². The lowest BCUT2D eigenvalue weighted by Gasteiger charge is -2.40. The maximum Gasteiger partial charge on any atom is 0.230 e. The number of ether oxygens (including phenoxy) is 1. The highest BCUT2D eigenvalue weighted by Crippen LogP contribution is 2.42. The lowest BCUT2D eigenvalue weighted by Crippen LogP contribution is -2.47. The Bertz CT molecular complexity index is 1230. The predicted octanol–water partition coefficient (Wildman–Crippen LogP) is 4.38. The largest absolute Gasteiger partial charge is 0.497 e. The van der Waals surface area contributed by atoms with Gasteiger partial charge in [0.05, 0.1) is 18.0 Å². The zero-order chi connectivity index (χ0) is 22.2. The van der Waals surface area contributed by atoms with Crippen molar-refractivity contribution in [3.63, 3.8) is 0 Å². The van der Waals surface area contributed by atoms with E-state index in [4.69, 9.17) is 16.3 Å². The monoisotopic (exact) mass is 469 g/mol. The van der Waals surface area contributed by atoms with Crippen LogP contribution in [0, 0.1) is 6.92 Å². The maximum absolute atomic E-state index is 11.0. The van der Waals surface area contributed by atoms with E-state index in [2.05, 4.69) is 32.0 Å². The number of nitrogens with zero attached hydrogens (tertiary/aromatic N) is 5. The van der Waals surface area contributed by atoms with Gasteiger partial charge in [0.2, 0.25) is 10.8 Å². The van der Waals surface area contributed by atoms with Gasteiger partial charge in [0.25, 0.3) is 0 Å². The van der Waals surface area contributed by atoms with Crippen molar-refractivity contribution in [3.8, 4) is 11.6 Å². The minimum Gasteiger partial charge on any atom is -0.497 e. The van der Waals surface area contributed by atoms with Gasteiger partial charge in [-0.3, -0.25) is 4.90 Å². The molecule has 0 radical (unpaired) electrons. The Morgan fingerprint density at radius 3 is 2.44 bits per heavy atom. The number of hydrogen-bond donors (Lipinski definition) is 1. The minimum atomic E-state index is -0.171. The number of thiazole rings is 1. The molecule has 0 bridgehead atoms. The minimum absolute atomic E-state index is 0.133. The first-order valence-electron chi connectivity index (χ1n) is 10.5. The van der Waals surface area contributed by atoms with Crippen LogP contribution in [0.15, 0.2) is 48.5 Å². The quantitative estimate of drug-likeness (QED) is 0.468. The number of methoxy groups -OCH3 is 1. The fourth-order valence-corrected chi connectivity index (χ4v) is 5.65. The van der Waals surface area contributed by atoms with Gasteiger partial charge < -0.3 is 14.7 Å². The van der Waals surface area contributed by atoms with Crippen molar-refractivity contribution in [3.05, 3.63) is 69.8 Å². The first-order chi connectivity index (χ1) is 15.5. The van der Waals surface area contributed by atoms with Crippen LogP contribution in [0.1, 0.15) is 22.3 Å². The smallest absolute Gasteiger partial charge is 0.230 e. The summed E-state index contributed by atoms with van der Waals surface area (Å²) in [5, 5.41) is 16.0. The van der Waals surface area contributed by atoms with E-state index in [9.17, 15) is 5.11 Å². The molecule has 5 rings (SSSR count). The molecule has 4 aromatic rings. The van der Waals surface area contributed by atoms with Crippen LogP contribution in [0.2, 0.25) is 5.02 Å². The molecule has 1 fully saturated rings. The fourth-order valence-electron chi connectivity index (χ4n) is 4.26. The highest BCUT2D eigenvalue weighted by molar-refractivity contribution is 7.17. The number of piperazine rings is 1. The van der Waals surface area contributed by atoms with E-state index in [0.717, 1.165) is 42.4 Å². The highest BCUT2D eigenvalue weighted by atomic mass is 35.5. The summed E-state index contributed by atoms with van der Waals surface area (Å²) in [7, 11) is 1.68. The molecule has 2 aromatic carbocycles. The van der Waals surface area contributed by atoms with Crippen LogP contribution in [-0.2, 0) is 0 Å². The average Bonchev–Trinajstić information content (AvgIpc) is 3.33. The maximum atomic E-state index is 11.0. The molecule has 166 valence electrons. The molecule has 1 N–H and O–H groups in total. The van der Waals surface area contributed by atoms with Crippen molar-refractivity contribution in [2.24, 2.45) is 0 Å². The van der Waals surface area contributed by atoms with Crippen LogP contribution in [0.25, 0.3) is 4.96 Å². The van der Waals surface area contributed by atoms with E-state index in [0.29, 0.717) is 15.8 Å². The second-order valence-corrected chi connectivity index (χ2v) is 9.20. The van der Waals surface area contributed by atoms with Gasteiger partial charge in [-0.25, -0.2) is 4.98 Å². The molecular weight excluding hydrogens is 446 g/mol. The molecule has 32 heavy (non-hydrogen) atoms. The molecule has 0 amide bonds. The molecule has 1 saturated heterocycles. The van der Waals surface area contributed by atoms with E-state index >= 15 is 0 Å². The second-order valence-electron chi connectivity index (χ2n) is 7.79. The fraction of sp³-hybridized carbons (Fsp3) is 0.304. The predicted molar refractivity (Wildman–Crippen MR) is 127 cm³/mol. The summed E-state index contributed by atoms with van der Waals surface area (Å²) in [6.07, 6.45) is 0. The normalized spacial score (nSPS) is 15.9. The Morgan fingerprint density at radius 1 is 1.06 bits per heavy atom. The number of hydrogen-bond acceptors (Lipinski definition) is 7. The van der Waals surface area contributed by atoms with Crippen LogP contribution in [0.5, 0.6) is 11.6 Å². The van der Waals surface area contributed by atoms with Crippen LogP contribution in [0.3, 0.4) is 0 Å². The van der Waals surface area contributed by atoms with Crippen LogP contribution in [0.4, 0.5) is 5.69 Å². The van der Waals surface area contributed by atoms with Crippen LogP contribution < -0.4 is 9.64 Å². The van der Waals surface area contributed by atoms with Gasteiger partial charge in [-0.05, 0) is 42.8 Å². The number of rotatable bonds is 5. The molecule has 3 heterocycles. The van der Waals surface area contributed by atoms with Gasteiger partial charge in [-0.1, -0.05) is 41.1 Å². The zero-order valence-electron chi connectivity index (χ0n) is 17.9. The molecule has 1 atom stereocenters. The van der Waals surface area contributed by atoms with E-state index < -0.39 is 0 Å². The Balaban J connectivity index is 1.45. The average molecular weight is 470 g/mol. The van der Waals surface area contributed by atoms with Crippen molar-refractivity contribution in [2.45, 2.75) is 13.0 Å². The summed E-state index contributed by atoms with van der Waals surface area (Å²) < 4.78 is 6.80. The molecule has 0 saturated carbocycles. The molecule has 9 heteroatoms. The lowest BCUT2D eigenvalue weighted by atomic mass is 10.0. The Labute approximate surface area is 195 Å². The van der Waals surface area contributed by atoms with Gasteiger partial charge in [-0.15, -0.1) is 5.10 Å². The SMILES string of the molecule is COc1ccc(N2CCN([C@H](c3ccccc3Cl)c3sc4nc(C)nn4c3O)CC2)cc1. The Hall–Kier alpha value is -2.81. The topological polar surface area (TPSA) is 66.1 Å². The third-order valence-corrected chi connectivity index (χ3v) is 7.29. The van der Waals surface area contributed by atoms with E-state index in [1.165, 1.54) is 21.5 Å². The van der Waals surface area contributed by atoms with Gasteiger partial charge in [0.1, 0.15) is 11.6 Å². The van der Waals surface area contributed by atoms with E-state index in [1.54, 1.807) is 7.11 Å². The van der Waals surface area contributed by atoms with Gasteiger partial charge in [0, 0.05) is 36.9 Å². The summed E-state index contributed by atoms with van der Waals surface area (Å²) in [4.78, 5) is 10.7. The molecule has 1 aliphatic rings. The van der Waals surface area contributed by atoms with Crippen molar-refractivity contribution in [1.82, 2.24) is 19.5 Å². The third kappa shape index (κ3) is 3.79. The first kappa shape index (κ1) is 21.1. The summed E-state index contributed by atoms with van der Waals surface area (Å²) in [5.41, 5.74) is 2.15. The number of aryl methyl sites for hydroxylation is 1. The van der Waals surface area contributed by atoms with Crippen molar-refractivity contribution < 1.29 is 9.84 Å². The Kier molecular flexibility index (Phi) is 5.67. The van der Waals surface area contributed by atoms with Crippen molar-refractivity contribution >= 4 is 33.6 Å². The van der Waals surface area contributed by atoms with Gasteiger partial charge >= 0.3 is 0 Å². The molecule has 1 aliphatic heterocycles. The summed E-state index contributed by atoms with van der Waals surface area (Å²) in [6, 6.07) is 15.8. The standard InChI is InChI=1S/C23H24ClN5O2S/c1-15-25-23-29(26-15)22(30)21(32-23)20(18-5-3-4-6-19(18)24)28-13-11-27(12-14-28)16-7-9-17(31-2)10-8-16/h3-10,20,30H,11-14H2,1-2H3/t20-/m1/s1. The molecule has 0 unspecified atom stereocenters. The number of fused-ring (bicyclic) bond motifs is 1. The summed E-state index contributed by atoms with van der Waals surface area (Å²) >= 11 is 8.09. The van der Waals surface area contributed by atoms with Gasteiger partial charge in [-0.2, -0.15) is 4.52 Å². The van der Waals surface area contributed by atoms with Crippen molar-refractivity contribution in [2.75, 3.05) is 38.2 Å². The molecular formula is C23H24ClN5O2S. The Morgan fingerprint density at radius 2 is 1.78 bits per heavy atom. The molecule has 0 spiro atoms. The second kappa shape index (κ2) is 8.61. The zero-order valence-corrected chi connectivity index (χ0v) is 19.5. The number of anilines is 1. The number of aromatic hydroxyl groups is 1. The first-order valence-corrected chi connectivity index (χ1v) is 11.7. The lowest BCUT2D eigenvalue weighted by molar-refractivity contribution is 0.211.